The average Bonchev–Trinajstić information content (AvgIpc) is 3.24. The van der Waals surface area contributed by atoms with Gasteiger partial charge >= 0.3 is 0 Å². The van der Waals surface area contributed by atoms with E-state index in [9.17, 15) is 0 Å². The Morgan fingerprint density at radius 1 is 1.21 bits per heavy atom. The molecule has 1 N–H and O–H groups in total. The van der Waals surface area contributed by atoms with Gasteiger partial charge in [0.2, 0.25) is 0 Å². The third kappa shape index (κ3) is 5.07. The van der Waals surface area contributed by atoms with Gasteiger partial charge in [0, 0.05) is 46.0 Å². The van der Waals surface area contributed by atoms with Crippen LogP contribution in [0.3, 0.4) is 0 Å². The van der Waals surface area contributed by atoms with E-state index in [1.54, 1.807) is 17.9 Å². The molecule has 154 valence electrons. The number of pyridine rings is 1. The van der Waals surface area contributed by atoms with Gasteiger partial charge in [-0.15, -0.1) is 5.10 Å². The van der Waals surface area contributed by atoms with Crippen LogP contribution in [0.1, 0.15) is 32.2 Å². The number of nitrogens with one attached hydrogen (secondary N) is 1. The maximum absolute atomic E-state index is 8.45. The highest BCUT2D eigenvalue weighted by Crippen LogP contribution is 2.21. The number of aliphatic imine (C=N–C) groups is 1. The van der Waals surface area contributed by atoms with E-state index in [-0.39, 0.29) is 6.04 Å². The van der Waals surface area contributed by atoms with E-state index in [1.807, 2.05) is 56.5 Å². The normalized spacial score (nSPS) is 16.3. The molecule has 0 bridgehead atoms. The Morgan fingerprint density at radius 3 is 2.66 bits per heavy atom. The summed E-state index contributed by atoms with van der Waals surface area (Å²) in [5.74, 6) is 0.938. The lowest BCUT2D eigenvalue weighted by atomic mass is 10.1. The van der Waals surface area contributed by atoms with Crippen molar-refractivity contribution in [2.24, 2.45) is 4.99 Å². The lowest BCUT2D eigenvalue weighted by Gasteiger charge is -2.28. The first-order chi connectivity index (χ1) is 14.0. The molecule has 8 heteroatoms. The van der Waals surface area contributed by atoms with Crippen LogP contribution in [0.2, 0.25) is 0 Å². The van der Waals surface area contributed by atoms with Crippen molar-refractivity contribution in [2.45, 2.75) is 32.2 Å². The van der Waals surface area contributed by atoms with Crippen LogP contribution in [0.5, 0.6) is 0 Å². The Morgan fingerprint density at radius 2 is 1.97 bits per heavy atom. The number of hydrogen-bond donors (Lipinski definition) is 1. The molecule has 0 radical (unpaired) electrons. The highest BCUT2D eigenvalue weighted by Gasteiger charge is 2.15. The summed E-state index contributed by atoms with van der Waals surface area (Å²) in [5.41, 5.74) is 3.11. The van der Waals surface area contributed by atoms with Gasteiger partial charge < -0.3 is 15.2 Å². The van der Waals surface area contributed by atoms with Crippen molar-refractivity contribution in [3.05, 3.63) is 36.8 Å². The molecular formula is C21H30N8. The molecule has 29 heavy (non-hydrogen) atoms. The van der Waals surface area contributed by atoms with Gasteiger partial charge in [0.15, 0.2) is 0 Å². The molecule has 0 aliphatic carbocycles. The topological polar surface area (TPSA) is 86.3 Å². The number of allylic oxidation sites excluding steroid dienone is 1. The average molecular weight is 395 g/mol. The van der Waals surface area contributed by atoms with Crippen LogP contribution in [-0.4, -0.2) is 70.7 Å². The SMILES string of the molecule is CN=C(/C=C\C(=N)C(C)n1cc(-c2cncc(N(C)C)c2)nn1)N1CCCCC1. The third-order valence-corrected chi connectivity index (χ3v) is 5.21. The van der Waals surface area contributed by atoms with E-state index in [2.05, 4.69) is 25.2 Å². The summed E-state index contributed by atoms with van der Waals surface area (Å²) in [6.07, 6.45) is 12.9. The van der Waals surface area contributed by atoms with Crippen LogP contribution < -0.4 is 4.90 Å². The molecule has 1 unspecified atom stereocenters. The van der Waals surface area contributed by atoms with Crippen molar-refractivity contribution < 1.29 is 0 Å². The van der Waals surface area contributed by atoms with Crippen molar-refractivity contribution in [1.82, 2.24) is 24.9 Å². The molecule has 8 nitrogen and oxygen atoms in total. The van der Waals surface area contributed by atoms with Gasteiger partial charge in [-0.1, -0.05) is 5.21 Å². The number of rotatable bonds is 6. The first kappa shape index (κ1) is 20.7. The Balaban J connectivity index is 1.69. The van der Waals surface area contributed by atoms with Gasteiger partial charge in [-0.25, -0.2) is 4.68 Å². The van der Waals surface area contributed by atoms with Crippen LogP contribution >= 0.6 is 0 Å². The fraction of sp³-hybridized carbons (Fsp3) is 0.476. The number of hydrogen-bond acceptors (Lipinski definition) is 6. The molecule has 0 aromatic carbocycles. The second-order valence-corrected chi connectivity index (χ2v) is 7.50. The summed E-state index contributed by atoms with van der Waals surface area (Å²) >= 11 is 0. The number of nitrogens with zero attached hydrogens (tertiary/aromatic N) is 7. The molecule has 0 spiro atoms. The first-order valence-electron chi connectivity index (χ1n) is 10.0. The molecule has 1 atom stereocenters. The van der Waals surface area contributed by atoms with E-state index in [0.29, 0.717) is 5.71 Å². The molecule has 2 aromatic heterocycles. The predicted octanol–water partition coefficient (Wildman–Crippen LogP) is 3.06. The van der Waals surface area contributed by atoms with Crippen molar-refractivity contribution in [3.8, 4) is 11.3 Å². The number of likely N-dealkylation sites (tertiary alicyclic amines) is 1. The lowest BCUT2D eigenvalue weighted by Crippen LogP contribution is -2.34. The second-order valence-electron chi connectivity index (χ2n) is 7.50. The zero-order chi connectivity index (χ0) is 20.8. The van der Waals surface area contributed by atoms with Crippen molar-refractivity contribution in [2.75, 3.05) is 39.1 Å². The number of piperidine rings is 1. The predicted molar refractivity (Wildman–Crippen MR) is 118 cm³/mol. The Labute approximate surface area is 172 Å². The fourth-order valence-electron chi connectivity index (χ4n) is 3.30. The quantitative estimate of drug-likeness (QED) is 0.601. The second kappa shape index (κ2) is 9.45. The van der Waals surface area contributed by atoms with E-state index >= 15 is 0 Å². The Bertz CT molecular complexity index is 890. The minimum absolute atomic E-state index is 0.225. The Hall–Kier alpha value is -3.03. The van der Waals surface area contributed by atoms with Crippen LogP contribution in [0.15, 0.2) is 41.8 Å². The number of amidine groups is 1. The van der Waals surface area contributed by atoms with E-state index in [4.69, 9.17) is 5.41 Å². The first-order valence-corrected chi connectivity index (χ1v) is 10.0. The summed E-state index contributed by atoms with van der Waals surface area (Å²) in [4.78, 5) is 13.0. The molecule has 1 aliphatic rings. The van der Waals surface area contributed by atoms with Gasteiger partial charge in [-0.3, -0.25) is 9.98 Å². The minimum Gasteiger partial charge on any atom is -0.376 e. The molecule has 2 aromatic rings. The van der Waals surface area contributed by atoms with E-state index in [1.165, 1.54) is 19.3 Å². The lowest BCUT2D eigenvalue weighted by molar-refractivity contribution is 0.343. The summed E-state index contributed by atoms with van der Waals surface area (Å²) in [7, 11) is 5.76. The van der Waals surface area contributed by atoms with Crippen molar-refractivity contribution in [1.29, 1.82) is 5.41 Å². The maximum atomic E-state index is 8.45. The molecule has 1 aliphatic heterocycles. The van der Waals surface area contributed by atoms with Crippen LogP contribution in [0.4, 0.5) is 5.69 Å². The monoisotopic (exact) mass is 394 g/mol. The highest BCUT2D eigenvalue weighted by molar-refractivity contribution is 6.02. The van der Waals surface area contributed by atoms with Crippen LogP contribution in [0, 0.1) is 5.41 Å². The standard InChI is InChI=1S/C21H30N8/c1-16(19(22)8-9-21(23-2)28-10-6-5-7-11-28)29-15-20(25-26-29)17-12-18(27(3)4)14-24-13-17/h8-9,12-16,22H,5-7,10-11H2,1-4H3/b9-8-,22-19?,23-21?. The van der Waals surface area contributed by atoms with Crippen molar-refractivity contribution >= 4 is 17.2 Å². The molecule has 3 heterocycles. The van der Waals surface area contributed by atoms with Gasteiger partial charge in [0.05, 0.1) is 29.8 Å². The van der Waals surface area contributed by atoms with Gasteiger partial charge in [0.25, 0.3) is 0 Å². The van der Waals surface area contributed by atoms with Crippen LogP contribution in [0.25, 0.3) is 11.3 Å². The molecule has 1 saturated heterocycles. The highest BCUT2D eigenvalue weighted by atomic mass is 15.4. The summed E-state index contributed by atoms with van der Waals surface area (Å²) < 4.78 is 1.72. The van der Waals surface area contributed by atoms with E-state index < -0.39 is 0 Å². The van der Waals surface area contributed by atoms with Gasteiger partial charge in [-0.2, -0.15) is 0 Å². The van der Waals surface area contributed by atoms with Crippen molar-refractivity contribution in [3.63, 3.8) is 0 Å². The molecule has 1 fully saturated rings. The third-order valence-electron chi connectivity index (χ3n) is 5.21. The maximum Gasteiger partial charge on any atom is 0.123 e. The van der Waals surface area contributed by atoms with Gasteiger partial charge in [-0.05, 0) is 44.4 Å². The Kier molecular flexibility index (Phi) is 6.74. The summed E-state index contributed by atoms with van der Waals surface area (Å²) in [6, 6.07) is 1.80. The van der Waals surface area contributed by atoms with Gasteiger partial charge in [0.1, 0.15) is 11.5 Å². The minimum atomic E-state index is -0.225. The zero-order valence-electron chi connectivity index (χ0n) is 17.7. The fourth-order valence-corrected chi connectivity index (χ4v) is 3.30. The number of anilines is 1. The summed E-state index contributed by atoms with van der Waals surface area (Å²) in [5, 5.41) is 17.0. The molecule has 3 rings (SSSR count). The molecule has 0 saturated carbocycles. The zero-order valence-corrected chi connectivity index (χ0v) is 17.7. The molecular weight excluding hydrogens is 364 g/mol. The van der Waals surface area contributed by atoms with Crippen LogP contribution in [-0.2, 0) is 0 Å². The smallest absolute Gasteiger partial charge is 0.123 e. The largest absolute Gasteiger partial charge is 0.376 e. The number of aromatic nitrogens is 4. The van der Waals surface area contributed by atoms with E-state index in [0.717, 1.165) is 35.9 Å². The molecule has 0 amide bonds. The summed E-state index contributed by atoms with van der Waals surface area (Å²) in [6.45, 7) is 4.02.